The lowest BCUT2D eigenvalue weighted by molar-refractivity contribution is 0.0939. The van der Waals surface area contributed by atoms with Gasteiger partial charge in [0.1, 0.15) is 0 Å². The van der Waals surface area contributed by atoms with Crippen LogP contribution in [0.4, 0.5) is 10.5 Å². The van der Waals surface area contributed by atoms with E-state index >= 15 is 0 Å². The maximum absolute atomic E-state index is 12.5. The number of carbonyl (C=O) groups excluding carboxylic acids is 2. The van der Waals surface area contributed by atoms with Crippen molar-refractivity contribution < 1.29 is 14.3 Å². The predicted octanol–water partition coefficient (Wildman–Crippen LogP) is 4.36. The fourth-order valence-electron chi connectivity index (χ4n) is 2.61. The van der Waals surface area contributed by atoms with Crippen molar-refractivity contribution in [2.75, 3.05) is 11.9 Å². The van der Waals surface area contributed by atoms with E-state index in [4.69, 9.17) is 4.74 Å². The molecule has 2 aromatic carbocycles. The number of rotatable bonds is 5. The van der Waals surface area contributed by atoms with Crippen LogP contribution in [-0.4, -0.2) is 18.6 Å². The van der Waals surface area contributed by atoms with Crippen LogP contribution in [0.1, 0.15) is 46.9 Å². The Kier molecular flexibility index (Phi) is 6.17. The summed E-state index contributed by atoms with van der Waals surface area (Å²) in [5.41, 5.74) is 4.38. The molecular formula is C20H24N2O3. The standard InChI is InChI=1S/C20H24N2O3/c1-5-25-20(24)22-17-8-6-7-16(12-17)19(23)21-15(4)18-11-13(2)9-10-14(18)3/h6-12,15H,5H2,1-4H3,(H,21,23)(H,22,24). The lowest BCUT2D eigenvalue weighted by atomic mass is 9.99. The molecule has 0 fully saturated rings. The van der Waals surface area contributed by atoms with Gasteiger partial charge in [0.15, 0.2) is 0 Å². The third-order valence-electron chi connectivity index (χ3n) is 3.90. The van der Waals surface area contributed by atoms with E-state index in [0.717, 1.165) is 16.7 Å². The van der Waals surface area contributed by atoms with Crippen LogP contribution < -0.4 is 10.6 Å². The number of ether oxygens (including phenoxy) is 1. The van der Waals surface area contributed by atoms with Gasteiger partial charge in [0, 0.05) is 11.3 Å². The largest absolute Gasteiger partial charge is 0.450 e. The fraction of sp³-hybridized carbons (Fsp3) is 0.300. The van der Waals surface area contributed by atoms with Gasteiger partial charge in [-0.3, -0.25) is 10.1 Å². The Morgan fingerprint density at radius 3 is 2.60 bits per heavy atom. The Bertz CT molecular complexity index is 771. The van der Waals surface area contributed by atoms with E-state index in [1.165, 1.54) is 0 Å². The van der Waals surface area contributed by atoms with Crippen molar-refractivity contribution in [2.45, 2.75) is 33.7 Å². The van der Waals surface area contributed by atoms with Crippen LogP contribution in [0.2, 0.25) is 0 Å². The lowest BCUT2D eigenvalue weighted by Crippen LogP contribution is -2.27. The average molecular weight is 340 g/mol. The number of hydrogen-bond acceptors (Lipinski definition) is 3. The predicted molar refractivity (Wildman–Crippen MR) is 98.9 cm³/mol. The van der Waals surface area contributed by atoms with Crippen LogP contribution in [-0.2, 0) is 4.74 Å². The van der Waals surface area contributed by atoms with Crippen LogP contribution in [0.3, 0.4) is 0 Å². The second kappa shape index (κ2) is 8.33. The van der Waals surface area contributed by atoms with E-state index in [0.29, 0.717) is 17.9 Å². The molecule has 0 aliphatic carbocycles. The van der Waals surface area contributed by atoms with Gasteiger partial charge >= 0.3 is 6.09 Å². The van der Waals surface area contributed by atoms with Gasteiger partial charge in [0.2, 0.25) is 0 Å². The Hall–Kier alpha value is -2.82. The molecule has 0 heterocycles. The normalized spacial score (nSPS) is 11.5. The second-order valence-corrected chi connectivity index (χ2v) is 5.98. The van der Waals surface area contributed by atoms with E-state index in [9.17, 15) is 9.59 Å². The Morgan fingerprint density at radius 2 is 1.88 bits per heavy atom. The van der Waals surface area contributed by atoms with Gasteiger partial charge in [-0.05, 0) is 57.0 Å². The lowest BCUT2D eigenvalue weighted by Gasteiger charge is -2.17. The zero-order chi connectivity index (χ0) is 18.4. The zero-order valence-electron chi connectivity index (χ0n) is 15.1. The minimum absolute atomic E-state index is 0.117. The molecule has 0 aliphatic heterocycles. The van der Waals surface area contributed by atoms with E-state index in [1.54, 1.807) is 31.2 Å². The van der Waals surface area contributed by atoms with Crippen molar-refractivity contribution in [3.63, 3.8) is 0 Å². The molecule has 0 saturated heterocycles. The van der Waals surface area contributed by atoms with Gasteiger partial charge in [-0.1, -0.05) is 29.8 Å². The Labute approximate surface area is 148 Å². The molecule has 2 N–H and O–H groups in total. The van der Waals surface area contributed by atoms with Crippen LogP contribution in [0.25, 0.3) is 0 Å². The molecule has 5 nitrogen and oxygen atoms in total. The maximum Gasteiger partial charge on any atom is 0.411 e. The molecule has 0 radical (unpaired) electrons. The molecule has 1 atom stereocenters. The molecule has 1 unspecified atom stereocenters. The van der Waals surface area contributed by atoms with Gasteiger partial charge < -0.3 is 10.1 Å². The summed E-state index contributed by atoms with van der Waals surface area (Å²) in [5, 5.41) is 5.60. The van der Waals surface area contributed by atoms with Gasteiger partial charge in [-0.15, -0.1) is 0 Å². The summed E-state index contributed by atoms with van der Waals surface area (Å²) in [7, 11) is 0. The molecule has 0 aromatic heterocycles. The second-order valence-electron chi connectivity index (χ2n) is 5.98. The number of amides is 2. The summed E-state index contributed by atoms with van der Waals surface area (Å²) < 4.78 is 4.84. The number of carbonyl (C=O) groups is 2. The molecule has 0 bridgehead atoms. The SMILES string of the molecule is CCOC(=O)Nc1cccc(C(=O)NC(C)c2cc(C)ccc2C)c1. The van der Waals surface area contributed by atoms with Crippen LogP contribution >= 0.6 is 0 Å². The van der Waals surface area contributed by atoms with E-state index in [-0.39, 0.29) is 11.9 Å². The zero-order valence-corrected chi connectivity index (χ0v) is 15.1. The monoisotopic (exact) mass is 340 g/mol. The third kappa shape index (κ3) is 5.08. The highest BCUT2D eigenvalue weighted by Gasteiger charge is 2.14. The molecule has 5 heteroatoms. The first-order valence-corrected chi connectivity index (χ1v) is 8.32. The van der Waals surface area contributed by atoms with E-state index in [2.05, 4.69) is 28.8 Å². The van der Waals surface area contributed by atoms with E-state index in [1.807, 2.05) is 20.8 Å². The van der Waals surface area contributed by atoms with Crippen LogP contribution in [0, 0.1) is 13.8 Å². The van der Waals surface area contributed by atoms with Crippen molar-refractivity contribution in [3.05, 3.63) is 64.7 Å². The molecule has 0 spiro atoms. The van der Waals surface area contributed by atoms with Crippen molar-refractivity contribution >= 4 is 17.7 Å². The number of hydrogen-bond donors (Lipinski definition) is 2. The van der Waals surface area contributed by atoms with Crippen LogP contribution in [0.5, 0.6) is 0 Å². The highest BCUT2D eigenvalue weighted by Crippen LogP contribution is 2.20. The first-order valence-electron chi connectivity index (χ1n) is 8.32. The van der Waals surface area contributed by atoms with Crippen molar-refractivity contribution in [1.82, 2.24) is 5.32 Å². The molecule has 2 amide bonds. The first-order chi connectivity index (χ1) is 11.9. The topological polar surface area (TPSA) is 67.4 Å². The van der Waals surface area contributed by atoms with Crippen molar-refractivity contribution in [2.24, 2.45) is 0 Å². The average Bonchev–Trinajstić information content (AvgIpc) is 2.57. The summed E-state index contributed by atoms with van der Waals surface area (Å²) >= 11 is 0. The molecule has 2 rings (SSSR count). The highest BCUT2D eigenvalue weighted by atomic mass is 16.5. The molecular weight excluding hydrogens is 316 g/mol. The number of nitrogens with one attached hydrogen (secondary N) is 2. The first kappa shape index (κ1) is 18.5. The summed E-state index contributed by atoms with van der Waals surface area (Å²) in [4.78, 5) is 24.0. The summed E-state index contributed by atoms with van der Waals surface area (Å²) in [6.45, 7) is 8.04. The fourth-order valence-corrected chi connectivity index (χ4v) is 2.61. The number of benzene rings is 2. The minimum atomic E-state index is -0.538. The maximum atomic E-state index is 12.5. The molecule has 2 aromatic rings. The third-order valence-corrected chi connectivity index (χ3v) is 3.90. The molecule has 25 heavy (non-hydrogen) atoms. The Morgan fingerprint density at radius 1 is 1.12 bits per heavy atom. The van der Waals surface area contributed by atoms with Gasteiger partial charge in [-0.25, -0.2) is 4.79 Å². The van der Waals surface area contributed by atoms with Gasteiger partial charge in [0.25, 0.3) is 5.91 Å². The van der Waals surface area contributed by atoms with Gasteiger partial charge in [-0.2, -0.15) is 0 Å². The highest BCUT2D eigenvalue weighted by molar-refractivity contribution is 5.96. The smallest absolute Gasteiger partial charge is 0.411 e. The molecule has 0 saturated carbocycles. The van der Waals surface area contributed by atoms with Crippen molar-refractivity contribution in [3.8, 4) is 0 Å². The minimum Gasteiger partial charge on any atom is -0.450 e. The van der Waals surface area contributed by atoms with E-state index < -0.39 is 6.09 Å². The molecule has 0 aliphatic rings. The number of anilines is 1. The summed E-state index contributed by atoms with van der Waals surface area (Å²) in [5.74, 6) is -0.194. The summed E-state index contributed by atoms with van der Waals surface area (Å²) in [6, 6.07) is 12.8. The quantitative estimate of drug-likeness (QED) is 0.849. The number of aryl methyl sites for hydroxylation is 2. The van der Waals surface area contributed by atoms with Gasteiger partial charge in [0.05, 0.1) is 12.6 Å². The summed E-state index contributed by atoms with van der Waals surface area (Å²) in [6.07, 6.45) is -0.538. The van der Waals surface area contributed by atoms with Crippen molar-refractivity contribution in [1.29, 1.82) is 0 Å². The molecule has 132 valence electrons. The van der Waals surface area contributed by atoms with Crippen LogP contribution in [0.15, 0.2) is 42.5 Å². The Balaban J connectivity index is 2.10.